The number of benzene rings is 1. The van der Waals surface area contributed by atoms with E-state index in [2.05, 4.69) is 24.0 Å². The maximum absolute atomic E-state index is 11.0. The molecule has 1 aromatic carbocycles. The molecule has 0 unspecified atom stereocenters. The summed E-state index contributed by atoms with van der Waals surface area (Å²) in [5, 5.41) is 0. The molecular weight excluding hydrogens is 224 g/mol. The van der Waals surface area contributed by atoms with Crippen LogP contribution in [0.1, 0.15) is 15.9 Å². The van der Waals surface area contributed by atoms with Crippen LogP contribution in [0.4, 0.5) is 0 Å². The van der Waals surface area contributed by atoms with Gasteiger partial charge in [-0.25, -0.2) is 4.98 Å². The lowest BCUT2D eigenvalue weighted by molar-refractivity contribution is 0.112. The summed E-state index contributed by atoms with van der Waals surface area (Å²) in [6.45, 7) is 2.05. The fourth-order valence-corrected chi connectivity index (χ4v) is 2.14. The number of rotatable bonds is 2. The van der Waals surface area contributed by atoms with E-state index in [1.807, 2.05) is 28.8 Å². The van der Waals surface area contributed by atoms with Crippen molar-refractivity contribution in [3.63, 3.8) is 0 Å². The second-order valence-electron chi connectivity index (χ2n) is 4.29. The number of nitrogens with zero attached hydrogens (tertiary/aromatic N) is 2. The Balaban J connectivity index is 2.28. The van der Waals surface area contributed by atoms with Crippen LogP contribution < -0.4 is 0 Å². The van der Waals surface area contributed by atoms with Crippen molar-refractivity contribution in [3.05, 3.63) is 59.9 Å². The van der Waals surface area contributed by atoms with Gasteiger partial charge in [0.25, 0.3) is 0 Å². The zero-order chi connectivity index (χ0) is 12.5. The van der Waals surface area contributed by atoms with Gasteiger partial charge in [-0.05, 0) is 25.1 Å². The van der Waals surface area contributed by atoms with E-state index in [0.717, 1.165) is 23.2 Å². The first-order chi connectivity index (χ1) is 8.79. The molecule has 3 heteroatoms. The largest absolute Gasteiger partial charge is 0.299 e. The van der Waals surface area contributed by atoms with Crippen molar-refractivity contribution in [1.82, 2.24) is 9.38 Å². The van der Waals surface area contributed by atoms with Crippen LogP contribution in [-0.4, -0.2) is 15.7 Å². The number of aryl methyl sites for hydroxylation is 1. The van der Waals surface area contributed by atoms with Crippen molar-refractivity contribution in [2.75, 3.05) is 0 Å². The molecule has 0 aliphatic carbocycles. The molecule has 0 aliphatic rings. The molecule has 0 aliphatic heterocycles. The van der Waals surface area contributed by atoms with Crippen molar-refractivity contribution in [2.45, 2.75) is 6.92 Å². The molecule has 3 nitrogen and oxygen atoms in total. The highest BCUT2D eigenvalue weighted by molar-refractivity contribution is 5.86. The summed E-state index contributed by atoms with van der Waals surface area (Å²) in [7, 11) is 0. The van der Waals surface area contributed by atoms with E-state index in [0.29, 0.717) is 5.56 Å². The second-order valence-corrected chi connectivity index (χ2v) is 4.29. The minimum absolute atomic E-state index is 0.656. The molecule has 88 valence electrons. The average molecular weight is 236 g/mol. The molecule has 0 N–H and O–H groups in total. The highest BCUT2D eigenvalue weighted by Gasteiger charge is 2.08. The minimum Gasteiger partial charge on any atom is -0.299 e. The van der Waals surface area contributed by atoms with Gasteiger partial charge < -0.3 is 0 Å². The molecule has 0 radical (unpaired) electrons. The standard InChI is InChI=1S/C15H12N2O/c1-11-4-2-5-12(8-11)15-16-9-14-13(10-18)6-3-7-17(14)15/h2-10H,1H3. The average Bonchev–Trinajstić information content (AvgIpc) is 2.82. The van der Waals surface area contributed by atoms with Gasteiger partial charge in [-0.3, -0.25) is 9.20 Å². The lowest BCUT2D eigenvalue weighted by Crippen LogP contribution is -1.92. The second kappa shape index (κ2) is 4.11. The van der Waals surface area contributed by atoms with Crippen molar-refractivity contribution in [1.29, 1.82) is 0 Å². The number of aromatic nitrogens is 2. The zero-order valence-electron chi connectivity index (χ0n) is 10.00. The van der Waals surface area contributed by atoms with Crippen LogP contribution in [0.25, 0.3) is 16.9 Å². The Morgan fingerprint density at radius 3 is 2.89 bits per heavy atom. The molecule has 18 heavy (non-hydrogen) atoms. The third kappa shape index (κ3) is 1.61. The Kier molecular flexibility index (Phi) is 2.45. The molecule has 0 atom stereocenters. The van der Waals surface area contributed by atoms with Gasteiger partial charge in [-0.1, -0.05) is 23.8 Å². The first kappa shape index (κ1) is 10.7. The number of aldehydes is 1. The smallest absolute Gasteiger partial charge is 0.152 e. The highest BCUT2D eigenvalue weighted by Crippen LogP contribution is 2.21. The SMILES string of the molecule is Cc1cccc(-c2ncc3c(C=O)cccn23)c1. The number of pyridine rings is 1. The van der Waals surface area contributed by atoms with Gasteiger partial charge in [0.15, 0.2) is 6.29 Å². The predicted molar refractivity (Wildman–Crippen MR) is 70.8 cm³/mol. The first-order valence-electron chi connectivity index (χ1n) is 5.78. The minimum atomic E-state index is 0.656. The Morgan fingerprint density at radius 2 is 2.11 bits per heavy atom. The van der Waals surface area contributed by atoms with E-state index in [1.165, 1.54) is 5.56 Å². The number of hydrogen-bond donors (Lipinski definition) is 0. The summed E-state index contributed by atoms with van der Waals surface area (Å²) in [5.41, 5.74) is 3.74. The summed E-state index contributed by atoms with van der Waals surface area (Å²) < 4.78 is 1.94. The molecule has 0 bridgehead atoms. The molecule has 0 saturated heterocycles. The third-order valence-corrected chi connectivity index (χ3v) is 3.01. The molecular formula is C15H12N2O. The van der Waals surface area contributed by atoms with E-state index < -0.39 is 0 Å². The van der Waals surface area contributed by atoms with E-state index >= 15 is 0 Å². The van der Waals surface area contributed by atoms with Gasteiger partial charge in [0, 0.05) is 17.3 Å². The number of fused-ring (bicyclic) bond motifs is 1. The Labute approximate surface area is 105 Å². The number of hydrogen-bond acceptors (Lipinski definition) is 2. The summed E-state index contributed by atoms with van der Waals surface area (Å²) in [6, 6.07) is 11.8. The predicted octanol–water partition coefficient (Wildman–Crippen LogP) is 3.12. The van der Waals surface area contributed by atoms with Gasteiger partial charge in [-0.15, -0.1) is 0 Å². The Bertz CT molecular complexity index is 728. The molecule has 0 fully saturated rings. The molecule has 3 aromatic rings. The maximum Gasteiger partial charge on any atom is 0.152 e. The van der Waals surface area contributed by atoms with Crippen LogP contribution >= 0.6 is 0 Å². The number of imidazole rings is 1. The van der Waals surface area contributed by atoms with Gasteiger partial charge in [0.2, 0.25) is 0 Å². The van der Waals surface area contributed by atoms with Crippen molar-refractivity contribution in [2.24, 2.45) is 0 Å². The third-order valence-electron chi connectivity index (χ3n) is 3.01. The maximum atomic E-state index is 11.0. The quantitative estimate of drug-likeness (QED) is 0.641. The van der Waals surface area contributed by atoms with Crippen LogP contribution in [0.5, 0.6) is 0 Å². The highest BCUT2D eigenvalue weighted by atomic mass is 16.1. The van der Waals surface area contributed by atoms with Crippen LogP contribution in [0.3, 0.4) is 0 Å². The Morgan fingerprint density at radius 1 is 1.22 bits per heavy atom. The fourth-order valence-electron chi connectivity index (χ4n) is 2.14. The molecule has 3 rings (SSSR count). The van der Waals surface area contributed by atoms with E-state index in [9.17, 15) is 4.79 Å². The molecule has 0 saturated carbocycles. The lowest BCUT2D eigenvalue weighted by atomic mass is 10.1. The van der Waals surface area contributed by atoms with Gasteiger partial charge in [0.1, 0.15) is 5.82 Å². The summed E-state index contributed by atoms with van der Waals surface area (Å²) >= 11 is 0. The summed E-state index contributed by atoms with van der Waals surface area (Å²) in [6.07, 6.45) is 4.52. The lowest BCUT2D eigenvalue weighted by Gasteiger charge is -2.03. The van der Waals surface area contributed by atoms with Crippen LogP contribution in [0.15, 0.2) is 48.8 Å². The number of carbonyl (C=O) groups is 1. The Hall–Kier alpha value is -2.42. The molecule has 0 amide bonds. The van der Waals surface area contributed by atoms with Crippen molar-refractivity contribution < 1.29 is 4.79 Å². The monoisotopic (exact) mass is 236 g/mol. The van der Waals surface area contributed by atoms with E-state index in [4.69, 9.17) is 0 Å². The van der Waals surface area contributed by atoms with Gasteiger partial charge >= 0.3 is 0 Å². The zero-order valence-corrected chi connectivity index (χ0v) is 10.00. The van der Waals surface area contributed by atoms with Crippen LogP contribution in [0, 0.1) is 6.92 Å². The first-order valence-corrected chi connectivity index (χ1v) is 5.78. The van der Waals surface area contributed by atoms with E-state index in [-0.39, 0.29) is 0 Å². The van der Waals surface area contributed by atoms with Crippen LogP contribution in [0.2, 0.25) is 0 Å². The normalized spacial score (nSPS) is 10.7. The van der Waals surface area contributed by atoms with Gasteiger partial charge in [-0.2, -0.15) is 0 Å². The molecule has 2 aromatic heterocycles. The van der Waals surface area contributed by atoms with Crippen LogP contribution in [-0.2, 0) is 0 Å². The van der Waals surface area contributed by atoms with Crippen molar-refractivity contribution in [3.8, 4) is 11.4 Å². The molecule has 0 spiro atoms. The van der Waals surface area contributed by atoms with Crippen molar-refractivity contribution >= 4 is 11.8 Å². The summed E-state index contributed by atoms with van der Waals surface area (Å²) in [5.74, 6) is 0.859. The fraction of sp³-hybridized carbons (Fsp3) is 0.0667. The van der Waals surface area contributed by atoms with E-state index in [1.54, 1.807) is 12.3 Å². The van der Waals surface area contributed by atoms with Gasteiger partial charge in [0.05, 0.1) is 11.7 Å². The molecule has 2 heterocycles. The number of carbonyl (C=O) groups excluding carboxylic acids is 1. The topological polar surface area (TPSA) is 34.4 Å². The summed E-state index contributed by atoms with van der Waals surface area (Å²) in [4.78, 5) is 15.4.